The highest BCUT2D eigenvalue weighted by Gasteiger charge is 2.48. The lowest BCUT2D eigenvalue weighted by Crippen LogP contribution is -2.60. The molecule has 0 amide bonds. The third kappa shape index (κ3) is 4.33. The van der Waals surface area contributed by atoms with Gasteiger partial charge in [0.25, 0.3) is 6.71 Å². The van der Waals surface area contributed by atoms with Crippen molar-refractivity contribution in [2.45, 2.75) is 103 Å². The van der Waals surface area contributed by atoms with Gasteiger partial charge in [0, 0.05) is 33.8 Å². The standard InChI is InChI=1S/C48H49BN2O/c1-45(2)23-24-46(3,4)34-27-31(21-22-33(34)45)51-40-20-14-19-39-42(40)49(37-17-12-13-18-38(37)50(39)30-15-10-9-11-16-30)44-43(51)32-28-35-36(29-41(32)52-44)48(7,8)26-25-47(35,5)6/h9-22,27-29H,23-26H2,1-8H3. The number of hydrogen-bond donors (Lipinski definition) is 0. The molecule has 1 aromatic heterocycles. The van der Waals surface area contributed by atoms with Gasteiger partial charge >= 0.3 is 0 Å². The van der Waals surface area contributed by atoms with Crippen LogP contribution in [0, 0.1) is 0 Å². The minimum Gasteiger partial charge on any atom is -0.468 e. The van der Waals surface area contributed by atoms with Crippen molar-refractivity contribution >= 4 is 68.4 Å². The van der Waals surface area contributed by atoms with E-state index in [-0.39, 0.29) is 28.4 Å². The highest BCUT2D eigenvalue weighted by molar-refractivity contribution is 6.99. The molecule has 2 aliphatic heterocycles. The third-order valence-corrected chi connectivity index (χ3v) is 13.6. The van der Waals surface area contributed by atoms with Crippen molar-refractivity contribution in [1.82, 2.24) is 0 Å². The van der Waals surface area contributed by atoms with Crippen LogP contribution in [-0.4, -0.2) is 6.71 Å². The molecule has 3 heterocycles. The summed E-state index contributed by atoms with van der Waals surface area (Å²) in [6, 6.07) is 39.0. The number of hydrogen-bond acceptors (Lipinski definition) is 3. The summed E-state index contributed by atoms with van der Waals surface area (Å²) < 4.78 is 7.34. The number of nitrogens with zero attached hydrogens (tertiary/aromatic N) is 2. The highest BCUT2D eigenvalue weighted by Crippen LogP contribution is 2.53. The lowest BCUT2D eigenvalue weighted by atomic mass is 9.35. The molecule has 0 saturated heterocycles. The van der Waals surface area contributed by atoms with E-state index in [1.165, 1.54) is 98.4 Å². The van der Waals surface area contributed by atoms with E-state index in [0.717, 1.165) is 11.2 Å². The second-order valence-electron chi connectivity index (χ2n) is 18.7. The molecule has 260 valence electrons. The predicted octanol–water partition coefficient (Wildman–Crippen LogP) is 11.2. The number of fused-ring (bicyclic) bond motifs is 8. The normalized spacial score (nSPS) is 19.7. The Morgan fingerprint density at radius 2 is 1.06 bits per heavy atom. The average molecular weight is 681 g/mol. The minimum atomic E-state index is -0.0351. The maximum Gasteiger partial charge on any atom is 0.297 e. The molecule has 0 bridgehead atoms. The maximum absolute atomic E-state index is 7.34. The van der Waals surface area contributed by atoms with Gasteiger partial charge in [-0.1, -0.05) is 104 Å². The van der Waals surface area contributed by atoms with Crippen LogP contribution in [0.3, 0.4) is 0 Å². The van der Waals surface area contributed by atoms with Gasteiger partial charge in [-0.2, -0.15) is 0 Å². The first kappa shape index (κ1) is 32.0. The first-order valence-corrected chi connectivity index (χ1v) is 19.4. The van der Waals surface area contributed by atoms with Crippen molar-refractivity contribution in [2.75, 3.05) is 9.80 Å². The van der Waals surface area contributed by atoms with Crippen molar-refractivity contribution in [3.05, 3.63) is 125 Å². The summed E-state index contributed by atoms with van der Waals surface area (Å²) in [5.74, 6) is 0. The Balaban J connectivity index is 1.31. The molecule has 6 aromatic rings. The fraction of sp³-hybridized carbons (Fsp3) is 0.333. The van der Waals surface area contributed by atoms with Crippen molar-refractivity contribution in [3.63, 3.8) is 0 Å². The lowest BCUT2D eigenvalue weighted by Gasteiger charge is -2.44. The van der Waals surface area contributed by atoms with Gasteiger partial charge in [-0.05, 0) is 135 Å². The van der Waals surface area contributed by atoms with Gasteiger partial charge < -0.3 is 14.2 Å². The molecule has 0 radical (unpaired) electrons. The molecule has 0 N–H and O–H groups in total. The van der Waals surface area contributed by atoms with Gasteiger partial charge in [-0.3, -0.25) is 0 Å². The SMILES string of the molecule is CC1(C)CCC(C)(C)c2cc(N3c4cccc5c4B(c4ccccc4N5c4ccccc4)c4oc5cc6c(cc5c43)C(C)(C)CCC6(C)C)ccc21. The second-order valence-corrected chi connectivity index (χ2v) is 18.7. The van der Waals surface area contributed by atoms with Gasteiger partial charge in [0.2, 0.25) is 0 Å². The van der Waals surface area contributed by atoms with Gasteiger partial charge in [0.05, 0.1) is 11.3 Å². The summed E-state index contributed by atoms with van der Waals surface area (Å²) in [6.07, 6.45) is 4.73. The van der Waals surface area contributed by atoms with E-state index in [0.29, 0.717) is 0 Å². The first-order chi connectivity index (χ1) is 24.8. The number of benzene rings is 5. The van der Waals surface area contributed by atoms with Gasteiger partial charge in [-0.25, -0.2) is 0 Å². The van der Waals surface area contributed by atoms with E-state index in [2.05, 4.69) is 168 Å². The molecule has 4 heteroatoms. The summed E-state index contributed by atoms with van der Waals surface area (Å²) >= 11 is 0. The fourth-order valence-corrected chi connectivity index (χ4v) is 10.3. The summed E-state index contributed by atoms with van der Waals surface area (Å²) in [6.45, 7) is 19.4. The third-order valence-electron chi connectivity index (χ3n) is 13.6. The zero-order valence-electron chi connectivity index (χ0n) is 32.0. The largest absolute Gasteiger partial charge is 0.468 e. The molecule has 0 atom stereocenters. The first-order valence-electron chi connectivity index (χ1n) is 19.4. The van der Waals surface area contributed by atoms with Crippen LogP contribution in [0.5, 0.6) is 0 Å². The van der Waals surface area contributed by atoms with Crippen molar-refractivity contribution in [2.24, 2.45) is 0 Å². The fourth-order valence-electron chi connectivity index (χ4n) is 10.3. The Morgan fingerprint density at radius 3 is 1.75 bits per heavy atom. The smallest absolute Gasteiger partial charge is 0.297 e. The maximum atomic E-state index is 7.34. The molecule has 2 aliphatic carbocycles. The van der Waals surface area contributed by atoms with Crippen LogP contribution in [0.4, 0.5) is 34.1 Å². The molecule has 4 aliphatic rings. The van der Waals surface area contributed by atoms with Crippen molar-refractivity contribution in [1.29, 1.82) is 0 Å². The average Bonchev–Trinajstić information content (AvgIpc) is 3.50. The van der Waals surface area contributed by atoms with Crippen LogP contribution in [0.25, 0.3) is 11.0 Å². The Kier molecular flexibility index (Phi) is 6.44. The van der Waals surface area contributed by atoms with Crippen LogP contribution >= 0.6 is 0 Å². The lowest BCUT2D eigenvalue weighted by molar-refractivity contribution is 0.332. The van der Waals surface area contributed by atoms with Gasteiger partial charge in [0.1, 0.15) is 5.58 Å². The van der Waals surface area contributed by atoms with Gasteiger partial charge in [-0.15, -0.1) is 0 Å². The Hall–Kier alpha value is -4.70. The molecule has 0 spiro atoms. The second kappa shape index (κ2) is 10.5. The zero-order chi connectivity index (χ0) is 35.9. The van der Waals surface area contributed by atoms with Crippen LogP contribution in [0.15, 0.2) is 108 Å². The number of para-hydroxylation sites is 2. The molecule has 10 rings (SSSR count). The molecular weight excluding hydrogens is 631 g/mol. The predicted molar refractivity (Wildman–Crippen MR) is 221 cm³/mol. The molecule has 0 fully saturated rings. The van der Waals surface area contributed by atoms with E-state index in [1.807, 2.05) is 0 Å². The topological polar surface area (TPSA) is 19.6 Å². The van der Waals surface area contributed by atoms with Crippen LogP contribution in [0.1, 0.15) is 103 Å². The monoisotopic (exact) mass is 680 g/mol. The van der Waals surface area contributed by atoms with E-state index < -0.39 is 0 Å². The Morgan fingerprint density at radius 1 is 0.500 bits per heavy atom. The number of anilines is 6. The summed E-state index contributed by atoms with van der Waals surface area (Å²) in [5, 5.41) is 1.22. The molecule has 52 heavy (non-hydrogen) atoms. The molecule has 3 nitrogen and oxygen atoms in total. The van der Waals surface area contributed by atoms with Crippen LogP contribution in [-0.2, 0) is 21.7 Å². The summed E-state index contributed by atoms with van der Waals surface area (Å²) in [5.41, 5.74) is 18.1. The van der Waals surface area contributed by atoms with E-state index >= 15 is 0 Å². The number of rotatable bonds is 2. The Labute approximate surface area is 309 Å². The number of furan rings is 1. The van der Waals surface area contributed by atoms with E-state index in [4.69, 9.17) is 4.42 Å². The molecule has 0 saturated carbocycles. The van der Waals surface area contributed by atoms with Crippen molar-refractivity contribution in [3.8, 4) is 0 Å². The zero-order valence-corrected chi connectivity index (χ0v) is 32.0. The van der Waals surface area contributed by atoms with Crippen LogP contribution < -0.4 is 26.4 Å². The summed E-state index contributed by atoms with van der Waals surface area (Å²) in [4.78, 5) is 5.03. The minimum absolute atomic E-state index is 0.0351. The summed E-state index contributed by atoms with van der Waals surface area (Å²) in [7, 11) is 0. The molecule has 5 aromatic carbocycles. The van der Waals surface area contributed by atoms with Gasteiger partial charge in [0.15, 0.2) is 0 Å². The van der Waals surface area contributed by atoms with E-state index in [9.17, 15) is 0 Å². The molecular formula is C48H49BN2O. The highest BCUT2D eigenvalue weighted by atomic mass is 16.3. The van der Waals surface area contributed by atoms with Crippen molar-refractivity contribution < 1.29 is 4.42 Å². The molecule has 0 unspecified atom stereocenters. The Bertz CT molecular complexity index is 2450. The van der Waals surface area contributed by atoms with Crippen LogP contribution in [0.2, 0.25) is 0 Å². The quantitative estimate of drug-likeness (QED) is 0.170. The van der Waals surface area contributed by atoms with E-state index in [1.54, 1.807) is 0 Å².